The van der Waals surface area contributed by atoms with E-state index in [1.807, 2.05) is 0 Å². The minimum absolute atomic E-state index is 0.163. The second kappa shape index (κ2) is 12.5. The van der Waals surface area contributed by atoms with Crippen LogP contribution in [-0.2, 0) is 10.8 Å². The Morgan fingerprint density at radius 2 is 1.07 bits per heavy atom. The van der Waals surface area contributed by atoms with Gasteiger partial charge in [0, 0.05) is 38.7 Å². The fourth-order valence-electron chi connectivity index (χ4n) is 11.2. The van der Waals surface area contributed by atoms with Gasteiger partial charge < -0.3 is 14.2 Å². The number of hydrogen-bond donors (Lipinski definition) is 0. The molecule has 0 bridgehead atoms. The number of aromatic nitrogens is 1. The summed E-state index contributed by atoms with van der Waals surface area (Å²) in [6.07, 6.45) is 0. The first-order valence-corrected chi connectivity index (χ1v) is 21.3. The third kappa shape index (κ3) is 4.53. The Labute approximate surface area is 355 Å². The van der Waals surface area contributed by atoms with Crippen molar-refractivity contribution in [1.82, 2.24) is 4.57 Å². The van der Waals surface area contributed by atoms with E-state index in [0.29, 0.717) is 0 Å². The summed E-state index contributed by atoms with van der Waals surface area (Å²) in [5.74, 6) is 1.72. The van der Waals surface area contributed by atoms with Crippen LogP contribution in [0.25, 0.3) is 49.7 Å². The molecule has 13 rings (SSSR count). The molecule has 0 saturated carbocycles. The summed E-state index contributed by atoms with van der Waals surface area (Å²) in [4.78, 5) is 2.42. The van der Waals surface area contributed by atoms with E-state index in [2.05, 4.69) is 230 Å². The molecule has 1 atom stereocenters. The van der Waals surface area contributed by atoms with Crippen molar-refractivity contribution in [2.24, 2.45) is 0 Å². The van der Waals surface area contributed by atoms with Crippen molar-refractivity contribution in [1.29, 1.82) is 0 Å². The second-order valence-electron chi connectivity index (χ2n) is 17.2. The van der Waals surface area contributed by atoms with Crippen LogP contribution in [0.5, 0.6) is 11.5 Å². The third-order valence-electron chi connectivity index (χ3n) is 13.8. The summed E-state index contributed by atoms with van der Waals surface area (Å²) >= 11 is 0. The van der Waals surface area contributed by atoms with Gasteiger partial charge in [-0.25, -0.2) is 0 Å². The maximum atomic E-state index is 7.35. The van der Waals surface area contributed by atoms with Gasteiger partial charge in [-0.2, -0.15) is 0 Å². The van der Waals surface area contributed by atoms with Crippen LogP contribution in [0.2, 0.25) is 0 Å². The van der Waals surface area contributed by atoms with E-state index in [1.165, 1.54) is 72.0 Å². The van der Waals surface area contributed by atoms with Crippen LogP contribution in [0.4, 0.5) is 17.1 Å². The Hall–Kier alpha value is -7.62. The lowest BCUT2D eigenvalue weighted by molar-refractivity contribution is 0.435. The van der Waals surface area contributed by atoms with Crippen LogP contribution in [0.15, 0.2) is 206 Å². The van der Waals surface area contributed by atoms with Crippen LogP contribution in [-0.4, -0.2) is 4.57 Å². The number of fused-ring (bicyclic) bond motifs is 14. The summed E-state index contributed by atoms with van der Waals surface area (Å²) < 4.78 is 9.84. The van der Waals surface area contributed by atoms with Crippen LogP contribution in [0.3, 0.4) is 0 Å². The van der Waals surface area contributed by atoms with Crippen molar-refractivity contribution in [2.75, 3.05) is 4.90 Å². The highest BCUT2D eigenvalue weighted by Gasteiger charge is 2.51. The van der Waals surface area contributed by atoms with Crippen LogP contribution >= 0.6 is 0 Å². The first-order chi connectivity index (χ1) is 30.0. The normalized spacial score (nSPS) is 16.0. The summed E-state index contributed by atoms with van der Waals surface area (Å²) in [6.45, 7) is 4.71. The standard InChI is InChI=1S/C58H40N2O/c1-57(2)45-21-8-6-18-41(45)42-35-34-40(36-50(42)57)59(39-32-30-38(31-33-39)37-16-4-3-5-17-37)53-28-15-25-49-56(53)61-54-29-13-10-23-47(54)58(49)46-22-9-12-27-52(46)60-51-26-11-7-19-43(51)44-20-14-24-48(58)55(44)60/h3-36H,1-2H3. The maximum absolute atomic E-state index is 7.35. The molecule has 288 valence electrons. The predicted octanol–water partition coefficient (Wildman–Crippen LogP) is 15.0. The van der Waals surface area contributed by atoms with Gasteiger partial charge in [-0.1, -0.05) is 172 Å². The van der Waals surface area contributed by atoms with Gasteiger partial charge in [0.2, 0.25) is 0 Å². The molecule has 61 heavy (non-hydrogen) atoms. The molecule has 0 radical (unpaired) electrons. The molecular formula is C58H40N2O. The molecule has 1 unspecified atom stereocenters. The minimum atomic E-state index is -0.676. The van der Waals surface area contributed by atoms with E-state index in [1.54, 1.807) is 0 Å². The Kier molecular flexibility index (Phi) is 6.99. The number of rotatable bonds is 4. The molecular weight excluding hydrogens is 741 g/mol. The van der Waals surface area contributed by atoms with Gasteiger partial charge in [0.15, 0.2) is 5.75 Å². The summed E-state index contributed by atoms with van der Waals surface area (Å²) in [5, 5.41) is 2.51. The number of nitrogens with zero attached hydrogens (tertiary/aromatic N) is 2. The van der Waals surface area contributed by atoms with Gasteiger partial charge in [-0.05, 0) is 93.0 Å². The number of ether oxygens (including phenoxy) is 1. The molecule has 1 aliphatic carbocycles. The van der Waals surface area contributed by atoms with Gasteiger partial charge in [0.1, 0.15) is 5.75 Å². The number of anilines is 3. The van der Waals surface area contributed by atoms with Gasteiger partial charge in [-0.3, -0.25) is 0 Å². The molecule has 0 N–H and O–H groups in total. The van der Waals surface area contributed by atoms with E-state index in [4.69, 9.17) is 4.74 Å². The summed E-state index contributed by atoms with van der Waals surface area (Å²) in [6, 6.07) is 75.8. The van der Waals surface area contributed by atoms with Gasteiger partial charge >= 0.3 is 0 Å². The molecule has 0 fully saturated rings. The molecule has 2 aliphatic heterocycles. The van der Waals surface area contributed by atoms with Crippen molar-refractivity contribution in [3.8, 4) is 39.4 Å². The molecule has 0 amide bonds. The molecule has 3 nitrogen and oxygen atoms in total. The quantitative estimate of drug-likeness (QED) is 0.177. The highest BCUT2D eigenvalue weighted by molar-refractivity contribution is 6.12. The topological polar surface area (TPSA) is 17.4 Å². The largest absolute Gasteiger partial charge is 0.454 e. The Morgan fingerprint density at radius 3 is 1.93 bits per heavy atom. The molecule has 1 spiro atoms. The Morgan fingerprint density at radius 1 is 0.443 bits per heavy atom. The van der Waals surface area contributed by atoms with Crippen molar-refractivity contribution >= 4 is 38.9 Å². The Balaban J connectivity index is 1.10. The van der Waals surface area contributed by atoms with Crippen LogP contribution < -0.4 is 9.64 Å². The molecule has 0 saturated heterocycles. The third-order valence-corrected chi connectivity index (χ3v) is 13.8. The highest BCUT2D eigenvalue weighted by atomic mass is 16.5. The number of para-hydroxylation sites is 5. The SMILES string of the molecule is CC1(C)c2ccccc2-c2ccc(N(c3ccc(-c4ccccc4)cc3)c3cccc4c3Oc3ccccc3C43c4ccccc4-n4c5ccccc5c5cccc3c54)cc21. The lowest BCUT2D eigenvalue weighted by atomic mass is 9.61. The zero-order valence-corrected chi connectivity index (χ0v) is 33.9. The smallest absolute Gasteiger partial charge is 0.156 e. The first-order valence-electron chi connectivity index (χ1n) is 21.3. The van der Waals surface area contributed by atoms with E-state index >= 15 is 0 Å². The highest BCUT2D eigenvalue weighted by Crippen LogP contribution is 2.62. The van der Waals surface area contributed by atoms with E-state index in [9.17, 15) is 0 Å². The van der Waals surface area contributed by atoms with Crippen molar-refractivity contribution in [3.05, 3.63) is 240 Å². The monoisotopic (exact) mass is 780 g/mol. The molecule has 9 aromatic carbocycles. The van der Waals surface area contributed by atoms with Gasteiger partial charge in [0.05, 0.1) is 27.8 Å². The van der Waals surface area contributed by atoms with E-state index in [0.717, 1.165) is 39.7 Å². The fraction of sp³-hybridized carbons (Fsp3) is 0.0690. The average molecular weight is 781 g/mol. The molecule has 3 heteroatoms. The molecule has 10 aromatic rings. The van der Waals surface area contributed by atoms with E-state index < -0.39 is 5.41 Å². The fourth-order valence-corrected chi connectivity index (χ4v) is 11.2. The molecule has 3 heterocycles. The average Bonchev–Trinajstić information content (AvgIpc) is 3.77. The number of benzene rings is 9. The summed E-state index contributed by atoms with van der Waals surface area (Å²) in [7, 11) is 0. The first kappa shape index (κ1) is 34.3. The lowest BCUT2D eigenvalue weighted by Crippen LogP contribution is -2.38. The van der Waals surface area contributed by atoms with Crippen LogP contribution in [0.1, 0.15) is 47.2 Å². The zero-order valence-electron chi connectivity index (χ0n) is 33.9. The zero-order chi connectivity index (χ0) is 40.5. The minimum Gasteiger partial charge on any atom is -0.454 e. The molecule has 1 aromatic heterocycles. The number of hydrogen-bond acceptors (Lipinski definition) is 2. The maximum Gasteiger partial charge on any atom is 0.156 e. The van der Waals surface area contributed by atoms with Crippen molar-refractivity contribution < 1.29 is 4.74 Å². The van der Waals surface area contributed by atoms with Crippen molar-refractivity contribution in [2.45, 2.75) is 24.7 Å². The summed E-state index contributed by atoms with van der Waals surface area (Å²) in [5.41, 5.74) is 18.4. The van der Waals surface area contributed by atoms with Crippen molar-refractivity contribution in [3.63, 3.8) is 0 Å². The predicted molar refractivity (Wildman–Crippen MR) is 250 cm³/mol. The van der Waals surface area contributed by atoms with Gasteiger partial charge in [-0.15, -0.1) is 0 Å². The second-order valence-corrected chi connectivity index (χ2v) is 17.2. The van der Waals surface area contributed by atoms with Crippen LogP contribution in [0, 0.1) is 0 Å². The molecule has 3 aliphatic rings. The Bertz CT molecular complexity index is 3430. The lowest BCUT2D eigenvalue weighted by Gasteiger charge is -2.45. The van der Waals surface area contributed by atoms with E-state index in [-0.39, 0.29) is 5.41 Å². The van der Waals surface area contributed by atoms with Gasteiger partial charge in [0.25, 0.3) is 0 Å².